The Morgan fingerprint density at radius 3 is 2.59 bits per heavy atom. The van der Waals surface area contributed by atoms with Gasteiger partial charge in [0.2, 0.25) is 0 Å². The number of halogens is 3. The summed E-state index contributed by atoms with van der Waals surface area (Å²) in [4.78, 5) is 13.9. The molecule has 27 heavy (non-hydrogen) atoms. The molecule has 2 heterocycles. The fraction of sp³-hybridized carbons (Fsp3) is 0.412. The van der Waals surface area contributed by atoms with Gasteiger partial charge < -0.3 is 14.4 Å². The molecule has 0 spiro atoms. The van der Waals surface area contributed by atoms with Gasteiger partial charge in [-0.1, -0.05) is 6.07 Å². The van der Waals surface area contributed by atoms with Crippen LogP contribution < -0.4 is 14.8 Å². The predicted octanol–water partition coefficient (Wildman–Crippen LogP) is 4.43. The van der Waals surface area contributed by atoms with Gasteiger partial charge in [-0.15, -0.1) is 13.2 Å². The highest BCUT2D eigenvalue weighted by Crippen LogP contribution is 2.28. The van der Waals surface area contributed by atoms with Gasteiger partial charge in [-0.05, 0) is 36.7 Å². The van der Waals surface area contributed by atoms with Crippen molar-refractivity contribution in [1.29, 1.82) is 0 Å². The number of ether oxygens (including phenoxy) is 2. The molecule has 146 valence electrons. The maximum atomic E-state index is 12.3. The molecule has 1 aliphatic rings. The molecular weight excluding hydrogens is 383 g/mol. The molecule has 10 heteroatoms. The molecule has 2 amide bonds. The van der Waals surface area contributed by atoms with Crippen molar-refractivity contribution in [3.8, 4) is 11.5 Å². The largest absolute Gasteiger partial charge is 0.573 e. The van der Waals surface area contributed by atoms with E-state index in [2.05, 4.69) is 14.4 Å². The van der Waals surface area contributed by atoms with E-state index in [4.69, 9.17) is 4.74 Å². The maximum Gasteiger partial charge on any atom is 0.573 e. The van der Waals surface area contributed by atoms with E-state index in [1.54, 1.807) is 17.0 Å². The second kappa shape index (κ2) is 8.03. The monoisotopic (exact) mass is 401 g/mol. The van der Waals surface area contributed by atoms with E-state index in [0.717, 1.165) is 5.69 Å². The van der Waals surface area contributed by atoms with Crippen LogP contribution in [0, 0.1) is 6.92 Å². The van der Waals surface area contributed by atoms with E-state index in [9.17, 15) is 18.0 Å². The number of carbonyl (C=O) groups excluding carboxylic acids is 1. The average Bonchev–Trinajstić information content (AvgIpc) is 2.99. The van der Waals surface area contributed by atoms with Crippen LogP contribution in [0.3, 0.4) is 0 Å². The standard InChI is InChI=1S/C17H18F3N3O3S/c1-11-9-15(27-22-11)21-16(24)23-7-5-12(6-8-23)25-13-3-2-4-14(10-13)26-17(18,19)20/h2-4,9-10,12H,5-8H2,1H3,(H,21,24). The Bertz CT molecular complexity index is 789. The van der Waals surface area contributed by atoms with Crippen LogP contribution in [-0.2, 0) is 0 Å². The Hall–Kier alpha value is -2.49. The second-order valence-corrected chi connectivity index (χ2v) is 6.89. The van der Waals surface area contributed by atoms with E-state index in [-0.39, 0.29) is 17.9 Å². The number of aromatic nitrogens is 1. The summed E-state index contributed by atoms with van der Waals surface area (Å²) in [5.41, 5.74) is 0.846. The van der Waals surface area contributed by atoms with Crippen molar-refractivity contribution < 1.29 is 27.4 Å². The number of alkyl halides is 3. The van der Waals surface area contributed by atoms with Crippen LogP contribution in [0.15, 0.2) is 30.3 Å². The predicted molar refractivity (Wildman–Crippen MR) is 94.2 cm³/mol. The summed E-state index contributed by atoms with van der Waals surface area (Å²) in [5, 5.41) is 3.50. The summed E-state index contributed by atoms with van der Waals surface area (Å²) in [5.74, 6) is -0.0172. The van der Waals surface area contributed by atoms with Crippen molar-refractivity contribution >= 4 is 22.6 Å². The lowest BCUT2D eigenvalue weighted by Gasteiger charge is -2.32. The maximum absolute atomic E-state index is 12.3. The zero-order chi connectivity index (χ0) is 19.4. The Balaban J connectivity index is 1.49. The van der Waals surface area contributed by atoms with E-state index in [1.807, 2.05) is 6.92 Å². The third kappa shape index (κ3) is 5.75. The van der Waals surface area contributed by atoms with Gasteiger partial charge in [0.05, 0.1) is 5.69 Å². The number of carbonyl (C=O) groups is 1. The lowest BCUT2D eigenvalue weighted by atomic mass is 10.1. The quantitative estimate of drug-likeness (QED) is 0.824. The highest BCUT2D eigenvalue weighted by Gasteiger charge is 2.31. The van der Waals surface area contributed by atoms with E-state index < -0.39 is 6.36 Å². The first-order valence-electron chi connectivity index (χ1n) is 8.30. The zero-order valence-electron chi connectivity index (χ0n) is 14.5. The molecule has 0 radical (unpaired) electrons. The molecule has 0 saturated carbocycles. The Kier molecular flexibility index (Phi) is 5.73. The van der Waals surface area contributed by atoms with Gasteiger partial charge in [-0.2, -0.15) is 4.37 Å². The topological polar surface area (TPSA) is 63.7 Å². The lowest BCUT2D eigenvalue weighted by Crippen LogP contribution is -2.43. The number of hydrogen-bond donors (Lipinski definition) is 1. The molecule has 6 nitrogen and oxygen atoms in total. The van der Waals surface area contributed by atoms with Gasteiger partial charge in [0.25, 0.3) is 0 Å². The van der Waals surface area contributed by atoms with E-state index >= 15 is 0 Å². The molecule has 0 unspecified atom stereocenters. The minimum Gasteiger partial charge on any atom is -0.490 e. The van der Waals surface area contributed by atoms with Crippen molar-refractivity contribution in [2.75, 3.05) is 18.4 Å². The molecule has 2 aromatic rings. The minimum absolute atomic E-state index is 0.180. The summed E-state index contributed by atoms with van der Waals surface area (Å²) in [6.07, 6.45) is -3.76. The zero-order valence-corrected chi connectivity index (χ0v) is 15.3. The molecule has 1 aliphatic heterocycles. The van der Waals surface area contributed by atoms with Crippen LogP contribution in [0.2, 0.25) is 0 Å². The van der Waals surface area contributed by atoms with Crippen LogP contribution >= 0.6 is 11.5 Å². The minimum atomic E-state index is -4.74. The van der Waals surface area contributed by atoms with Crippen molar-refractivity contribution in [2.45, 2.75) is 32.2 Å². The number of urea groups is 1. The SMILES string of the molecule is Cc1cc(NC(=O)N2CCC(Oc3cccc(OC(F)(F)F)c3)CC2)sn1. The number of rotatable bonds is 4. The van der Waals surface area contributed by atoms with Crippen LogP contribution in [0.1, 0.15) is 18.5 Å². The number of hydrogen-bond acceptors (Lipinski definition) is 5. The van der Waals surface area contributed by atoms with Gasteiger partial charge in [0.15, 0.2) is 0 Å². The van der Waals surface area contributed by atoms with E-state index in [1.165, 1.54) is 29.7 Å². The molecule has 1 N–H and O–H groups in total. The van der Waals surface area contributed by atoms with Crippen molar-refractivity contribution in [2.24, 2.45) is 0 Å². The van der Waals surface area contributed by atoms with Gasteiger partial charge >= 0.3 is 12.4 Å². The van der Waals surface area contributed by atoms with E-state index in [0.29, 0.717) is 36.7 Å². The number of likely N-dealkylation sites (tertiary alicyclic amines) is 1. The first-order valence-corrected chi connectivity index (χ1v) is 9.07. The smallest absolute Gasteiger partial charge is 0.490 e. The first-order chi connectivity index (χ1) is 12.8. The molecule has 1 aromatic carbocycles. The average molecular weight is 401 g/mol. The third-order valence-electron chi connectivity index (χ3n) is 3.93. The highest BCUT2D eigenvalue weighted by atomic mass is 32.1. The van der Waals surface area contributed by atoms with Crippen LogP contribution in [0.4, 0.5) is 23.0 Å². The number of nitrogens with zero attached hydrogens (tertiary/aromatic N) is 2. The normalized spacial score (nSPS) is 15.5. The van der Waals surface area contributed by atoms with Crippen LogP contribution in [-0.4, -0.2) is 40.9 Å². The summed E-state index contributed by atoms with van der Waals surface area (Å²) in [7, 11) is 0. The summed E-state index contributed by atoms with van der Waals surface area (Å²) in [6.45, 7) is 2.84. The highest BCUT2D eigenvalue weighted by molar-refractivity contribution is 7.10. The lowest BCUT2D eigenvalue weighted by molar-refractivity contribution is -0.274. The van der Waals surface area contributed by atoms with Crippen molar-refractivity contribution in [3.05, 3.63) is 36.0 Å². The number of piperidine rings is 1. The Labute approximate surface area is 158 Å². The molecule has 0 aliphatic carbocycles. The van der Waals surface area contributed by atoms with Crippen LogP contribution in [0.25, 0.3) is 0 Å². The Morgan fingerprint density at radius 2 is 1.96 bits per heavy atom. The molecule has 0 atom stereocenters. The Morgan fingerprint density at radius 1 is 1.26 bits per heavy atom. The molecule has 1 aromatic heterocycles. The number of nitrogens with one attached hydrogen (secondary N) is 1. The van der Waals surface area contributed by atoms with Gasteiger partial charge in [-0.25, -0.2) is 4.79 Å². The van der Waals surface area contributed by atoms with Gasteiger partial charge in [0.1, 0.15) is 22.6 Å². The second-order valence-electron chi connectivity index (χ2n) is 6.09. The fourth-order valence-corrected chi connectivity index (χ4v) is 3.37. The third-order valence-corrected chi connectivity index (χ3v) is 4.73. The van der Waals surface area contributed by atoms with Crippen LogP contribution in [0.5, 0.6) is 11.5 Å². The van der Waals surface area contributed by atoms with Crippen molar-refractivity contribution in [3.63, 3.8) is 0 Å². The molecule has 3 rings (SSSR count). The fourth-order valence-electron chi connectivity index (χ4n) is 2.72. The summed E-state index contributed by atoms with van der Waals surface area (Å²) >= 11 is 1.22. The van der Waals surface area contributed by atoms with Gasteiger partial charge in [0, 0.05) is 32.0 Å². The number of aryl methyl sites for hydroxylation is 1. The molecule has 1 saturated heterocycles. The van der Waals surface area contributed by atoms with Crippen molar-refractivity contribution in [1.82, 2.24) is 9.27 Å². The molecule has 0 bridgehead atoms. The number of amides is 2. The first kappa shape index (κ1) is 19.3. The summed E-state index contributed by atoms with van der Waals surface area (Å²) in [6, 6.07) is 7.05. The summed E-state index contributed by atoms with van der Waals surface area (Å²) < 4.78 is 50.6. The number of benzene rings is 1. The molecule has 1 fully saturated rings. The van der Waals surface area contributed by atoms with Gasteiger partial charge in [-0.3, -0.25) is 5.32 Å². The number of anilines is 1. The molecular formula is C17H18F3N3O3S.